The summed E-state index contributed by atoms with van der Waals surface area (Å²) < 4.78 is 42.6. The van der Waals surface area contributed by atoms with Gasteiger partial charge in [0.15, 0.2) is 0 Å². The Morgan fingerprint density at radius 3 is 2.53 bits per heavy atom. The molecule has 0 amide bonds. The average molecular weight is 242 g/mol. The molecule has 0 atom stereocenters. The largest absolute Gasteiger partial charge is 0.486 e. The van der Waals surface area contributed by atoms with Crippen molar-refractivity contribution in [3.05, 3.63) is 29.3 Å². The van der Waals surface area contributed by atoms with Gasteiger partial charge in [0.05, 0.1) is 11.1 Å². The van der Waals surface area contributed by atoms with E-state index in [1.54, 1.807) is 6.07 Å². The molecule has 0 unspecified atom stereocenters. The molecule has 1 aromatic carbocycles. The zero-order chi connectivity index (χ0) is 12.5. The fourth-order valence-corrected chi connectivity index (χ4v) is 1.42. The topological polar surface area (TPSA) is 45.0 Å². The number of nitrogens with one attached hydrogen (secondary N) is 1. The van der Waals surface area contributed by atoms with Gasteiger partial charge >= 0.3 is 6.18 Å². The van der Waals surface area contributed by atoms with E-state index in [1.807, 2.05) is 0 Å². The van der Waals surface area contributed by atoms with Crippen molar-refractivity contribution in [2.75, 3.05) is 13.1 Å². The van der Waals surface area contributed by atoms with Crippen molar-refractivity contribution >= 4 is 0 Å². The van der Waals surface area contributed by atoms with Crippen LogP contribution in [0.2, 0.25) is 0 Å². The number of ether oxygens (including phenoxy) is 1. The first kappa shape index (κ1) is 11.7. The third-order valence-electron chi connectivity index (χ3n) is 2.46. The molecule has 1 N–H and O–H groups in total. The van der Waals surface area contributed by atoms with Crippen molar-refractivity contribution in [3.63, 3.8) is 0 Å². The lowest BCUT2D eigenvalue weighted by Gasteiger charge is -2.28. The lowest BCUT2D eigenvalue weighted by Crippen LogP contribution is -2.50. The van der Waals surface area contributed by atoms with Crippen LogP contribution in [0.4, 0.5) is 13.2 Å². The highest BCUT2D eigenvalue weighted by Crippen LogP contribution is 2.32. The average Bonchev–Trinajstić information content (AvgIpc) is 2.22. The van der Waals surface area contributed by atoms with Crippen LogP contribution in [0.5, 0.6) is 5.75 Å². The third kappa shape index (κ3) is 2.50. The SMILES string of the molecule is N#Cc1cc(C(F)(F)F)ccc1OC1CNC1. The summed E-state index contributed by atoms with van der Waals surface area (Å²) in [5.41, 5.74) is -0.931. The molecule has 1 aliphatic rings. The standard InChI is InChI=1S/C11H9F3N2O/c12-11(13,14)8-1-2-10(7(3-8)4-15)17-9-5-16-6-9/h1-3,9,16H,5-6H2. The molecule has 6 heteroatoms. The molecule has 0 aromatic heterocycles. The van der Waals surface area contributed by atoms with Crippen LogP contribution in [-0.2, 0) is 6.18 Å². The van der Waals surface area contributed by atoms with Crippen LogP contribution in [0.1, 0.15) is 11.1 Å². The van der Waals surface area contributed by atoms with Crippen LogP contribution in [0.3, 0.4) is 0 Å². The highest BCUT2D eigenvalue weighted by atomic mass is 19.4. The van der Waals surface area contributed by atoms with Gasteiger partial charge in [0.1, 0.15) is 17.9 Å². The van der Waals surface area contributed by atoms with E-state index >= 15 is 0 Å². The maximum Gasteiger partial charge on any atom is 0.416 e. The third-order valence-corrected chi connectivity index (χ3v) is 2.46. The number of nitriles is 1. The minimum atomic E-state index is -4.44. The first-order chi connectivity index (χ1) is 8.00. The van der Waals surface area contributed by atoms with Gasteiger partial charge in [-0.25, -0.2) is 0 Å². The molecule has 0 saturated carbocycles. The van der Waals surface area contributed by atoms with Crippen molar-refractivity contribution in [1.82, 2.24) is 5.32 Å². The quantitative estimate of drug-likeness (QED) is 0.861. The first-order valence-electron chi connectivity index (χ1n) is 4.99. The van der Waals surface area contributed by atoms with E-state index in [0.29, 0.717) is 13.1 Å². The molecule has 1 heterocycles. The second-order valence-electron chi connectivity index (χ2n) is 3.72. The van der Waals surface area contributed by atoms with Crippen LogP contribution < -0.4 is 10.1 Å². The molecule has 17 heavy (non-hydrogen) atoms. The number of halogens is 3. The Balaban J connectivity index is 2.25. The second kappa shape index (κ2) is 4.26. The van der Waals surface area contributed by atoms with E-state index in [0.717, 1.165) is 12.1 Å². The van der Waals surface area contributed by atoms with Crippen molar-refractivity contribution in [1.29, 1.82) is 5.26 Å². The molecule has 3 nitrogen and oxygen atoms in total. The smallest absolute Gasteiger partial charge is 0.416 e. The highest BCUT2D eigenvalue weighted by Gasteiger charge is 2.31. The van der Waals surface area contributed by atoms with Crippen LogP contribution in [-0.4, -0.2) is 19.2 Å². The Morgan fingerprint density at radius 2 is 2.06 bits per heavy atom. The van der Waals surface area contributed by atoms with E-state index in [4.69, 9.17) is 10.00 Å². The van der Waals surface area contributed by atoms with Crippen molar-refractivity contribution < 1.29 is 17.9 Å². The minimum Gasteiger partial charge on any atom is -0.486 e. The summed E-state index contributed by atoms with van der Waals surface area (Å²) in [5, 5.41) is 11.8. The Bertz CT molecular complexity index is 461. The fourth-order valence-electron chi connectivity index (χ4n) is 1.42. The molecule has 0 bridgehead atoms. The Kier molecular flexibility index (Phi) is 2.94. The maximum absolute atomic E-state index is 12.4. The molecular formula is C11H9F3N2O. The van der Waals surface area contributed by atoms with E-state index in [9.17, 15) is 13.2 Å². The van der Waals surface area contributed by atoms with E-state index < -0.39 is 11.7 Å². The number of nitrogens with zero attached hydrogens (tertiary/aromatic N) is 1. The molecule has 0 aliphatic carbocycles. The summed E-state index contributed by atoms with van der Waals surface area (Å²) >= 11 is 0. The number of alkyl halides is 3. The van der Waals surface area contributed by atoms with Gasteiger partial charge in [-0.3, -0.25) is 0 Å². The lowest BCUT2D eigenvalue weighted by atomic mass is 10.1. The second-order valence-corrected chi connectivity index (χ2v) is 3.72. The Hall–Kier alpha value is -1.74. The monoisotopic (exact) mass is 242 g/mol. The van der Waals surface area contributed by atoms with Crippen LogP contribution in [0, 0.1) is 11.3 Å². The molecule has 1 aliphatic heterocycles. The molecule has 2 rings (SSSR count). The summed E-state index contributed by atoms with van der Waals surface area (Å²) in [6.07, 6.45) is -4.51. The van der Waals surface area contributed by atoms with Crippen molar-refractivity contribution in [3.8, 4) is 11.8 Å². The molecule has 1 aromatic rings. The number of benzene rings is 1. The van der Waals surface area contributed by atoms with Gasteiger partial charge in [0.2, 0.25) is 0 Å². The predicted octanol–water partition coefficient (Wildman–Crippen LogP) is 1.93. The fraction of sp³-hybridized carbons (Fsp3) is 0.364. The molecule has 1 fully saturated rings. The molecule has 90 valence electrons. The molecule has 0 spiro atoms. The zero-order valence-electron chi connectivity index (χ0n) is 8.71. The van der Waals surface area contributed by atoms with Gasteiger partial charge in [-0.15, -0.1) is 0 Å². The molecule has 0 radical (unpaired) electrons. The lowest BCUT2D eigenvalue weighted by molar-refractivity contribution is -0.137. The predicted molar refractivity (Wildman–Crippen MR) is 53.4 cm³/mol. The van der Waals surface area contributed by atoms with E-state index in [1.165, 1.54) is 6.07 Å². The summed E-state index contributed by atoms with van der Waals surface area (Å²) in [4.78, 5) is 0. The van der Waals surface area contributed by atoms with Gasteiger partial charge in [-0.2, -0.15) is 18.4 Å². The highest BCUT2D eigenvalue weighted by molar-refractivity contribution is 5.46. The van der Waals surface area contributed by atoms with Gasteiger partial charge in [0.25, 0.3) is 0 Å². The summed E-state index contributed by atoms with van der Waals surface area (Å²) in [6.45, 7) is 1.29. The van der Waals surface area contributed by atoms with Crippen molar-refractivity contribution in [2.45, 2.75) is 12.3 Å². The van der Waals surface area contributed by atoms with Crippen molar-refractivity contribution in [2.24, 2.45) is 0 Å². The van der Waals surface area contributed by atoms with E-state index in [-0.39, 0.29) is 17.4 Å². The van der Waals surface area contributed by atoms with Crippen LogP contribution in [0.25, 0.3) is 0 Å². The van der Waals surface area contributed by atoms with Crippen LogP contribution >= 0.6 is 0 Å². The van der Waals surface area contributed by atoms with E-state index in [2.05, 4.69) is 5.32 Å². The van der Waals surface area contributed by atoms with Gasteiger partial charge in [-0.1, -0.05) is 0 Å². The minimum absolute atomic E-state index is 0.0705. The molecular weight excluding hydrogens is 233 g/mol. The summed E-state index contributed by atoms with van der Waals surface area (Å²) in [6, 6.07) is 4.64. The Morgan fingerprint density at radius 1 is 1.35 bits per heavy atom. The van der Waals surface area contributed by atoms with Crippen LogP contribution in [0.15, 0.2) is 18.2 Å². The zero-order valence-corrected chi connectivity index (χ0v) is 8.71. The maximum atomic E-state index is 12.4. The number of rotatable bonds is 2. The number of hydrogen-bond acceptors (Lipinski definition) is 3. The summed E-state index contributed by atoms with van der Waals surface area (Å²) in [5.74, 6) is 0.201. The first-order valence-corrected chi connectivity index (χ1v) is 4.99. The van der Waals surface area contributed by atoms with Gasteiger partial charge in [-0.05, 0) is 18.2 Å². The Labute approximate surface area is 95.8 Å². The van der Waals surface area contributed by atoms with Gasteiger partial charge in [0, 0.05) is 13.1 Å². The molecule has 1 saturated heterocycles. The number of hydrogen-bond donors (Lipinski definition) is 1. The van der Waals surface area contributed by atoms with Gasteiger partial charge < -0.3 is 10.1 Å². The summed E-state index contributed by atoms with van der Waals surface area (Å²) in [7, 11) is 0. The normalized spacial score (nSPS) is 16.1.